The summed E-state index contributed by atoms with van der Waals surface area (Å²) in [4.78, 5) is 22.9. The largest absolute Gasteiger partial charge is 0.389 e. The van der Waals surface area contributed by atoms with E-state index < -0.39 is 11.9 Å². The van der Waals surface area contributed by atoms with Gasteiger partial charge in [-0.1, -0.05) is 45.4 Å². The molecule has 0 N–H and O–H groups in total. The molecular weight excluding hydrogens is 288 g/mol. The number of cyclic esters (lactones) is 2. The first-order valence-corrected chi connectivity index (χ1v) is 8.86. The fourth-order valence-electron chi connectivity index (χ4n) is 5.56. The SMILES string of the molecule is C=C1CC[C@H]2C(C)(C)CCC[C@]2(C)[C@H]1C/C=C1\CC(=O)OC1=O. The van der Waals surface area contributed by atoms with Crippen molar-refractivity contribution in [3.05, 3.63) is 23.8 Å². The number of carbonyl (C=O) groups is 2. The van der Waals surface area contributed by atoms with Crippen molar-refractivity contribution in [2.75, 3.05) is 0 Å². The summed E-state index contributed by atoms with van der Waals surface area (Å²) < 4.78 is 4.64. The molecule has 0 unspecified atom stereocenters. The maximum atomic E-state index is 11.7. The number of hydrogen-bond donors (Lipinski definition) is 0. The van der Waals surface area contributed by atoms with Crippen LogP contribution in [0.4, 0.5) is 0 Å². The Labute approximate surface area is 139 Å². The molecule has 1 saturated heterocycles. The Morgan fingerprint density at radius 3 is 2.65 bits per heavy atom. The van der Waals surface area contributed by atoms with Crippen molar-refractivity contribution in [2.24, 2.45) is 22.7 Å². The highest BCUT2D eigenvalue weighted by Gasteiger charge is 2.52. The lowest BCUT2D eigenvalue weighted by Crippen LogP contribution is -2.49. The van der Waals surface area contributed by atoms with E-state index in [0.717, 1.165) is 12.8 Å². The van der Waals surface area contributed by atoms with E-state index in [4.69, 9.17) is 0 Å². The van der Waals surface area contributed by atoms with Gasteiger partial charge in [0, 0.05) is 5.57 Å². The summed E-state index contributed by atoms with van der Waals surface area (Å²) in [7, 11) is 0. The fraction of sp³-hybridized carbons (Fsp3) is 0.700. The van der Waals surface area contributed by atoms with Gasteiger partial charge in [0.2, 0.25) is 0 Å². The predicted octanol–water partition coefficient (Wildman–Crippen LogP) is 4.58. The highest BCUT2D eigenvalue weighted by molar-refractivity contribution is 6.05. The molecule has 23 heavy (non-hydrogen) atoms. The molecule has 2 aliphatic carbocycles. The summed E-state index contributed by atoms with van der Waals surface area (Å²) in [5.41, 5.74) is 2.47. The third-order valence-electron chi connectivity index (χ3n) is 6.72. The van der Waals surface area contributed by atoms with Gasteiger partial charge in [-0.05, 0) is 54.8 Å². The standard InChI is InChI=1S/C20H28O3/c1-13-6-9-16-19(2,3)10-5-11-20(16,4)15(13)8-7-14-12-17(21)23-18(14)22/h7,15-16H,1,5-6,8-12H2,2-4H3/b14-7+/t15-,16-,20+/m0/s1. The van der Waals surface area contributed by atoms with E-state index in [1.807, 2.05) is 6.08 Å². The summed E-state index contributed by atoms with van der Waals surface area (Å²) in [6.07, 6.45) is 8.99. The van der Waals surface area contributed by atoms with Crippen molar-refractivity contribution >= 4 is 11.9 Å². The quantitative estimate of drug-likeness (QED) is 0.324. The van der Waals surface area contributed by atoms with Crippen LogP contribution in [0.25, 0.3) is 0 Å². The first-order valence-electron chi connectivity index (χ1n) is 8.86. The zero-order chi connectivity index (χ0) is 16.8. The van der Waals surface area contributed by atoms with E-state index in [-0.39, 0.29) is 11.8 Å². The third kappa shape index (κ3) is 2.79. The Kier molecular flexibility index (Phi) is 4.02. The van der Waals surface area contributed by atoms with Crippen molar-refractivity contribution in [3.63, 3.8) is 0 Å². The van der Waals surface area contributed by atoms with Crippen LogP contribution in [0.2, 0.25) is 0 Å². The van der Waals surface area contributed by atoms with Gasteiger partial charge in [0.15, 0.2) is 0 Å². The molecule has 1 aliphatic heterocycles. The van der Waals surface area contributed by atoms with E-state index in [1.165, 1.54) is 31.3 Å². The zero-order valence-corrected chi connectivity index (χ0v) is 14.6. The van der Waals surface area contributed by atoms with Crippen LogP contribution in [-0.4, -0.2) is 11.9 Å². The maximum Gasteiger partial charge on any atom is 0.341 e. The summed E-state index contributed by atoms with van der Waals surface area (Å²) in [6.45, 7) is 11.6. The summed E-state index contributed by atoms with van der Waals surface area (Å²) in [5.74, 6) is 0.223. The lowest BCUT2D eigenvalue weighted by Gasteiger charge is -2.58. The Bertz CT molecular complexity index is 584. The molecule has 3 heteroatoms. The minimum atomic E-state index is -0.456. The Hall–Kier alpha value is -1.38. The Morgan fingerprint density at radius 1 is 1.26 bits per heavy atom. The third-order valence-corrected chi connectivity index (χ3v) is 6.72. The average molecular weight is 316 g/mol. The van der Waals surface area contributed by atoms with Gasteiger partial charge >= 0.3 is 11.9 Å². The van der Waals surface area contributed by atoms with E-state index in [0.29, 0.717) is 22.8 Å². The highest BCUT2D eigenvalue weighted by atomic mass is 16.6. The lowest BCUT2D eigenvalue weighted by atomic mass is 9.47. The van der Waals surface area contributed by atoms with E-state index >= 15 is 0 Å². The molecule has 0 aromatic rings. The molecule has 3 nitrogen and oxygen atoms in total. The molecule has 126 valence electrons. The molecule has 0 bridgehead atoms. The van der Waals surface area contributed by atoms with Crippen LogP contribution in [-0.2, 0) is 14.3 Å². The fourth-order valence-corrected chi connectivity index (χ4v) is 5.56. The first kappa shape index (κ1) is 16.5. The molecular formula is C20H28O3. The molecule has 0 radical (unpaired) electrons. The lowest BCUT2D eigenvalue weighted by molar-refractivity contribution is -0.151. The van der Waals surface area contributed by atoms with Crippen molar-refractivity contribution < 1.29 is 14.3 Å². The van der Waals surface area contributed by atoms with Gasteiger partial charge < -0.3 is 4.74 Å². The van der Waals surface area contributed by atoms with E-state index in [1.54, 1.807) is 0 Å². The monoisotopic (exact) mass is 316 g/mol. The van der Waals surface area contributed by atoms with Crippen LogP contribution in [0.3, 0.4) is 0 Å². The van der Waals surface area contributed by atoms with Gasteiger partial charge in [-0.2, -0.15) is 0 Å². The molecule has 0 aromatic carbocycles. The maximum absolute atomic E-state index is 11.7. The molecule has 0 spiro atoms. The molecule has 3 aliphatic rings. The molecule has 3 rings (SSSR count). The smallest absolute Gasteiger partial charge is 0.341 e. The number of fused-ring (bicyclic) bond motifs is 1. The number of hydrogen-bond acceptors (Lipinski definition) is 3. The van der Waals surface area contributed by atoms with Crippen LogP contribution in [0, 0.1) is 22.7 Å². The second-order valence-electron chi connectivity index (χ2n) is 8.55. The summed E-state index contributed by atoms with van der Waals surface area (Å²) >= 11 is 0. The van der Waals surface area contributed by atoms with Crippen molar-refractivity contribution in [2.45, 2.75) is 65.7 Å². The van der Waals surface area contributed by atoms with E-state index in [2.05, 4.69) is 32.1 Å². The second-order valence-corrected chi connectivity index (χ2v) is 8.55. The van der Waals surface area contributed by atoms with Gasteiger partial charge in [0.25, 0.3) is 0 Å². The van der Waals surface area contributed by atoms with Gasteiger partial charge in [-0.3, -0.25) is 4.79 Å². The van der Waals surface area contributed by atoms with Crippen LogP contribution in [0.1, 0.15) is 65.7 Å². The minimum absolute atomic E-state index is 0.129. The van der Waals surface area contributed by atoms with E-state index in [9.17, 15) is 9.59 Å². The molecule has 2 saturated carbocycles. The average Bonchev–Trinajstić information content (AvgIpc) is 2.75. The van der Waals surface area contributed by atoms with Crippen LogP contribution >= 0.6 is 0 Å². The number of esters is 2. The summed E-state index contributed by atoms with van der Waals surface area (Å²) in [5, 5.41) is 0. The van der Waals surface area contributed by atoms with Crippen LogP contribution < -0.4 is 0 Å². The molecule has 3 atom stereocenters. The van der Waals surface area contributed by atoms with Crippen molar-refractivity contribution in [3.8, 4) is 0 Å². The Morgan fingerprint density at radius 2 is 2.00 bits per heavy atom. The normalized spacial score (nSPS) is 38.6. The number of carbonyl (C=O) groups excluding carboxylic acids is 2. The van der Waals surface area contributed by atoms with Gasteiger partial charge in [0.1, 0.15) is 0 Å². The highest BCUT2D eigenvalue weighted by Crippen LogP contribution is 2.61. The second kappa shape index (κ2) is 5.61. The summed E-state index contributed by atoms with van der Waals surface area (Å²) in [6, 6.07) is 0. The minimum Gasteiger partial charge on any atom is -0.389 e. The number of rotatable bonds is 2. The van der Waals surface area contributed by atoms with Crippen LogP contribution in [0.5, 0.6) is 0 Å². The van der Waals surface area contributed by atoms with Crippen molar-refractivity contribution in [1.29, 1.82) is 0 Å². The Balaban J connectivity index is 1.84. The van der Waals surface area contributed by atoms with Crippen molar-refractivity contribution in [1.82, 2.24) is 0 Å². The predicted molar refractivity (Wildman–Crippen MR) is 89.5 cm³/mol. The molecule has 1 heterocycles. The topological polar surface area (TPSA) is 43.4 Å². The first-order chi connectivity index (χ1) is 10.7. The molecule has 3 fully saturated rings. The number of ether oxygens (including phenoxy) is 1. The molecule has 0 aromatic heterocycles. The van der Waals surface area contributed by atoms with Gasteiger partial charge in [0.05, 0.1) is 6.42 Å². The molecule has 0 amide bonds. The van der Waals surface area contributed by atoms with Gasteiger partial charge in [-0.15, -0.1) is 0 Å². The van der Waals surface area contributed by atoms with Crippen LogP contribution in [0.15, 0.2) is 23.8 Å². The zero-order valence-electron chi connectivity index (χ0n) is 14.6. The number of allylic oxidation sites excluding steroid dienone is 2. The van der Waals surface area contributed by atoms with Gasteiger partial charge in [-0.25, -0.2) is 4.79 Å².